The van der Waals surface area contributed by atoms with Gasteiger partial charge >= 0.3 is 12.2 Å². The Labute approximate surface area is 136 Å². The summed E-state index contributed by atoms with van der Waals surface area (Å²) in [6, 6.07) is 9.21. The molecule has 0 aliphatic carbocycles. The minimum atomic E-state index is -4.67. The molecule has 1 aromatic carbocycles. The number of hydrogen-bond donors (Lipinski definition) is 2. The van der Waals surface area contributed by atoms with E-state index in [9.17, 15) is 18.0 Å². The summed E-state index contributed by atoms with van der Waals surface area (Å²) in [7, 11) is 0. The summed E-state index contributed by atoms with van der Waals surface area (Å²) in [5, 5.41) is 7.88. The van der Waals surface area contributed by atoms with Gasteiger partial charge in [-0.15, -0.1) is 0 Å². The van der Waals surface area contributed by atoms with Gasteiger partial charge in [0.15, 0.2) is 0 Å². The van der Waals surface area contributed by atoms with Crippen molar-refractivity contribution in [3.8, 4) is 0 Å². The fraction of sp³-hybridized carbons (Fsp3) is 0.400. The number of aryl methyl sites for hydroxylation is 1. The molecule has 1 unspecified atom stereocenters. The van der Waals surface area contributed by atoms with Crippen molar-refractivity contribution >= 4 is 6.03 Å². The highest BCUT2D eigenvalue weighted by molar-refractivity contribution is 5.73. The molecule has 0 spiro atoms. The summed E-state index contributed by atoms with van der Waals surface area (Å²) < 4.78 is 41.4. The molecule has 0 aliphatic rings. The first kappa shape index (κ1) is 17.8. The fourth-order valence-corrected chi connectivity index (χ4v) is 1.97. The Morgan fingerprint density at radius 2 is 2.00 bits per heavy atom. The number of amides is 2. The van der Waals surface area contributed by atoms with E-state index >= 15 is 0 Å². The minimum Gasteiger partial charge on any atom is -0.337 e. The average molecular weight is 342 g/mol. The lowest BCUT2D eigenvalue weighted by molar-refractivity contribution is -0.146. The van der Waals surface area contributed by atoms with Crippen LogP contribution in [0.1, 0.15) is 30.6 Å². The number of carbonyl (C=O) groups is 1. The first-order valence-corrected chi connectivity index (χ1v) is 7.32. The number of carbonyl (C=O) groups excluding carboxylic acids is 1. The summed E-state index contributed by atoms with van der Waals surface area (Å²) >= 11 is 0. The largest absolute Gasteiger partial charge is 0.455 e. The molecule has 0 saturated heterocycles. The molecule has 0 aliphatic heterocycles. The van der Waals surface area contributed by atoms with Crippen molar-refractivity contribution in [2.75, 3.05) is 0 Å². The SMILES string of the molecule is CC(CCc1ccccc1)NC(=O)NCc1nc(C(F)(F)F)no1. The number of urea groups is 1. The van der Waals surface area contributed by atoms with E-state index in [0.29, 0.717) is 0 Å². The number of nitrogens with zero attached hydrogens (tertiary/aromatic N) is 2. The van der Waals surface area contributed by atoms with Crippen LogP contribution in [0.15, 0.2) is 34.9 Å². The van der Waals surface area contributed by atoms with Crippen LogP contribution in [-0.4, -0.2) is 22.2 Å². The van der Waals surface area contributed by atoms with Gasteiger partial charge in [0, 0.05) is 6.04 Å². The van der Waals surface area contributed by atoms with Crippen LogP contribution >= 0.6 is 0 Å². The maximum Gasteiger partial charge on any atom is 0.455 e. The summed E-state index contributed by atoms with van der Waals surface area (Å²) in [6.07, 6.45) is -3.13. The van der Waals surface area contributed by atoms with Crippen LogP contribution in [0.2, 0.25) is 0 Å². The molecule has 0 radical (unpaired) electrons. The molecule has 2 aromatic rings. The van der Waals surface area contributed by atoms with Crippen molar-refractivity contribution in [1.82, 2.24) is 20.8 Å². The van der Waals surface area contributed by atoms with Crippen LogP contribution in [0.3, 0.4) is 0 Å². The quantitative estimate of drug-likeness (QED) is 0.846. The molecule has 0 fully saturated rings. The standard InChI is InChI=1S/C15H17F3N4O2/c1-10(7-8-11-5-3-2-4-6-11)20-14(23)19-9-12-21-13(22-24-12)15(16,17)18/h2-6,10H,7-9H2,1H3,(H2,19,20,23). The van der Waals surface area contributed by atoms with E-state index in [1.54, 1.807) is 0 Å². The molecule has 9 heteroatoms. The highest BCUT2D eigenvalue weighted by atomic mass is 19.4. The van der Waals surface area contributed by atoms with Gasteiger partial charge in [0.2, 0.25) is 5.89 Å². The van der Waals surface area contributed by atoms with E-state index in [2.05, 4.69) is 25.3 Å². The molecule has 130 valence electrons. The van der Waals surface area contributed by atoms with Gasteiger partial charge in [-0.3, -0.25) is 0 Å². The molecular formula is C15H17F3N4O2. The fourth-order valence-electron chi connectivity index (χ4n) is 1.97. The van der Waals surface area contributed by atoms with Crippen LogP contribution in [0.5, 0.6) is 0 Å². The van der Waals surface area contributed by atoms with E-state index in [-0.39, 0.29) is 18.5 Å². The minimum absolute atomic E-state index is 0.0985. The molecule has 1 aromatic heterocycles. The van der Waals surface area contributed by atoms with E-state index in [4.69, 9.17) is 0 Å². The van der Waals surface area contributed by atoms with E-state index in [0.717, 1.165) is 18.4 Å². The molecule has 1 heterocycles. The highest BCUT2D eigenvalue weighted by Crippen LogP contribution is 2.26. The molecular weight excluding hydrogens is 325 g/mol. The van der Waals surface area contributed by atoms with Gasteiger partial charge in [-0.05, 0) is 25.3 Å². The van der Waals surface area contributed by atoms with Gasteiger partial charge < -0.3 is 15.2 Å². The maximum absolute atomic E-state index is 12.3. The first-order valence-electron chi connectivity index (χ1n) is 7.32. The van der Waals surface area contributed by atoms with Gasteiger partial charge in [0.05, 0.1) is 6.54 Å². The Morgan fingerprint density at radius 1 is 1.29 bits per heavy atom. The molecule has 24 heavy (non-hydrogen) atoms. The molecule has 0 saturated carbocycles. The predicted octanol–water partition coefficient (Wildman–Crippen LogP) is 2.91. The predicted molar refractivity (Wildman–Crippen MR) is 78.9 cm³/mol. The lowest BCUT2D eigenvalue weighted by Gasteiger charge is -2.14. The molecule has 6 nitrogen and oxygen atoms in total. The lowest BCUT2D eigenvalue weighted by Crippen LogP contribution is -2.40. The monoisotopic (exact) mass is 342 g/mol. The zero-order valence-electron chi connectivity index (χ0n) is 12.9. The maximum atomic E-state index is 12.3. The zero-order chi connectivity index (χ0) is 17.6. The topological polar surface area (TPSA) is 80.0 Å². The smallest absolute Gasteiger partial charge is 0.337 e. The Hall–Kier alpha value is -2.58. The third-order valence-corrected chi connectivity index (χ3v) is 3.21. The summed E-state index contributed by atoms with van der Waals surface area (Å²) in [5.74, 6) is -1.68. The van der Waals surface area contributed by atoms with Crippen LogP contribution in [0.4, 0.5) is 18.0 Å². The summed E-state index contributed by atoms with van der Waals surface area (Å²) in [5.41, 5.74) is 1.16. The van der Waals surface area contributed by atoms with Crippen LogP contribution in [0, 0.1) is 0 Å². The number of alkyl halides is 3. The van der Waals surface area contributed by atoms with Crippen molar-refractivity contribution in [3.05, 3.63) is 47.6 Å². The van der Waals surface area contributed by atoms with E-state index < -0.39 is 18.0 Å². The van der Waals surface area contributed by atoms with Gasteiger partial charge in [-0.25, -0.2) is 4.79 Å². The number of halogens is 3. The van der Waals surface area contributed by atoms with Crippen molar-refractivity contribution in [1.29, 1.82) is 0 Å². The van der Waals surface area contributed by atoms with Crippen molar-refractivity contribution in [2.45, 2.75) is 38.5 Å². The number of hydrogen-bond acceptors (Lipinski definition) is 4. The summed E-state index contributed by atoms with van der Waals surface area (Å²) in [4.78, 5) is 14.9. The Bertz CT molecular complexity index is 658. The van der Waals surface area contributed by atoms with E-state index in [1.165, 1.54) is 0 Å². The van der Waals surface area contributed by atoms with Crippen LogP contribution < -0.4 is 10.6 Å². The number of aromatic nitrogens is 2. The molecule has 2 N–H and O–H groups in total. The number of rotatable bonds is 6. The molecule has 2 amide bonds. The Balaban J connectivity index is 1.71. The third-order valence-electron chi connectivity index (χ3n) is 3.21. The van der Waals surface area contributed by atoms with Gasteiger partial charge in [0.1, 0.15) is 0 Å². The Kier molecular flexibility index (Phi) is 5.78. The van der Waals surface area contributed by atoms with Crippen molar-refractivity contribution in [2.24, 2.45) is 0 Å². The summed E-state index contributed by atoms with van der Waals surface area (Å²) in [6.45, 7) is 1.57. The second kappa shape index (κ2) is 7.80. The second-order valence-corrected chi connectivity index (χ2v) is 5.26. The Morgan fingerprint density at radius 3 is 2.62 bits per heavy atom. The van der Waals surface area contributed by atoms with Gasteiger partial charge in [0.25, 0.3) is 5.82 Å². The van der Waals surface area contributed by atoms with Gasteiger partial charge in [-0.1, -0.05) is 35.5 Å². The van der Waals surface area contributed by atoms with E-state index in [1.807, 2.05) is 37.3 Å². The molecule has 2 rings (SSSR count). The van der Waals surface area contributed by atoms with Crippen LogP contribution in [-0.2, 0) is 19.1 Å². The molecule has 0 bridgehead atoms. The van der Waals surface area contributed by atoms with Crippen molar-refractivity contribution < 1.29 is 22.5 Å². The number of benzene rings is 1. The first-order chi connectivity index (χ1) is 11.3. The molecule has 1 atom stereocenters. The van der Waals surface area contributed by atoms with Crippen molar-refractivity contribution in [3.63, 3.8) is 0 Å². The number of nitrogens with one attached hydrogen (secondary N) is 2. The van der Waals surface area contributed by atoms with Crippen LogP contribution in [0.25, 0.3) is 0 Å². The zero-order valence-corrected chi connectivity index (χ0v) is 12.9. The normalized spacial score (nSPS) is 12.7. The van der Waals surface area contributed by atoms with Gasteiger partial charge in [-0.2, -0.15) is 18.2 Å². The second-order valence-electron chi connectivity index (χ2n) is 5.26. The average Bonchev–Trinajstić information content (AvgIpc) is 3.01. The third kappa shape index (κ3) is 5.56. The lowest BCUT2D eigenvalue weighted by atomic mass is 10.1. The highest BCUT2D eigenvalue weighted by Gasteiger charge is 2.37.